The van der Waals surface area contributed by atoms with E-state index < -0.39 is 5.97 Å². The number of hydrogen-bond donors (Lipinski definition) is 2. The number of carbonyl (C=O) groups is 2. The number of aromatic carboxylic acids is 1. The van der Waals surface area contributed by atoms with Gasteiger partial charge in [-0.3, -0.25) is 9.89 Å². The molecule has 98 valence electrons. The summed E-state index contributed by atoms with van der Waals surface area (Å²) in [6.07, 6.45) is 0. The topological polar surface area (TPSA) is 83.0 Å². The lowest BCUT2D eigenvalue weighted by molar-refractivity contribution is 0.0690. The maximum atomic E-state index is 12.4. The van der Waals surface area contributed by atoms with Crippen LogP contribution in [0.3, 0.4) is 0 Å². The van der Waals surface area contributed by atoms with E-state index in [1.54, 1.807) is 0 Å². The van der Waals surface area contributed by atoms with Gasteiger partial charge >= 0.3 is 5.97 Å². The van der Waals surface area contributed by atoms with E-state index >= 15 is 0 Å². The molecule has 0 spiro atoms. The van der Waals surface area contributed by atoms with Crippen LogP contribution in [0, 0.1) is 20.8 Å². The summed E-state index contributed by atoms with van der Waals surface area (Å²) in [7, 11) is 0. The van der Waals surface area contributed by atoms with Crippen molar-refractivity contribution in [1.82, 2.24) is 10.2 Å². The molecule has 0 amide bonds. The zero-order chi connectivity index (χ0) is 14.2. The Morgan fingerprint density at radius 1 is 1.11 bits per heavy atom. The van der Waals surface area contributed by atoms with E-state index in [1.165, 1.54) is 6.07 Å². The van der Waals surface area contributed by atoms with Crippen molar-refractivity contribution in [3.63, 3.8) is 0 Å². The molecule has 0 bridgehead atoms. The largest absolute Gasteiger partial charge is 0.477 e. The molecule has 5 nitrogen and oxygen atoms in total. The van der Waals surface area contributed by atoms with E-state index in [1.807, 2.05) is 32.9 Å². The van der Waals surface area contributed by atoms with Gasteiger partial charge in [-0.15, -0.1) is 0 Å². The monoisotopic (exact) mass is 258 g/mol. The van der Waals surface area contributed by atoms with Gasteiger partial charge < -0.3 is 5.11 Å². The molecule has 1 aromatic heterocycles. The molecular weight excluding hydrogens is 244 g/mol. The number of carboxylic acids is 1. The summed E-state index contributed by atoms with van der Waals surface area (Å²) in [5.41, 5.74) is 3.41. The van der Waals surface area contributed by atoms with Crippen molar-refractivity contribution in [2.45, 2.75) is 20.8 Å². The van der Waals surface area contributed by atoms with E-state index in [4.69, 9.17) is 5.11 Å². The van der Waals surface area contributed by atoms with Crippen molar-refractivity contribution < 1.29 is 14.7 Å². The van der Waals surface area contributed by atoms with Crippen LogP contribution in [-0.2, 0) is 0 Å². The predicted octanol–water partition coefficient (Wildman–Crippen LogP) is 2.26. The third-order valence-electron chi connectivity index (χ3n) is 2.94. The molecule has 0 unspecified atom stereocenters. The zero-order valence-electron chi connectivity index (χ0n) is 10.9. The number of rotatable bonds is 3. The lowest BCUT2D eigenvalue weighted by atomic mass is 9.95. The molecule has 2 N–H and O–H groups in total. The Bertz CT molecular complexity index is 648. The highest BCUT2D eigenvalue weighted by Gasteiger charge is 2.19. The predicted molar refractivity (Wildman–Crippen MR) is 69.6 cm³/mol. The third-order valence-corrected chi connectivity index (χ3v) is 2.94. The SMILES string of the molecule is Cc1cc(C)c(C(=O)c2cc(C(=O)O)[nH]n2)c(C)c1. The van der Waals surface area contributed by atoms with Crippen LogP contribution < -0.4 is 0 Å². The lowest BCUT2D eigenvalue weighted by Gasteiger charge is -2.08. The summed E-state index contributed by atoms with van der Waals surface area (Å²) in [4.78, 5) is 23.1. The molecule has 2 aromatic rings. The number of carbonyl (C=O) groups excluding carboxylic acids is 1. The fraction of sp³-hybridized carbons (Fsp3) is 0.214. The highest BCUT2D eigenvalue weighted by Crippen LogP contribution is 2.19. The highest BCUT2D eigenvalue weighted by atomic mass is 16.4. The summed E-state index contributed by atoms with van der Waals surface area (Å²) in [6, 6.07) is 5.10. The van der Waals surface area contributed by atoms with Crippen LogP contribution in [0.5, 0.6) is 0 Å². The van der Waals surface area contributed by atoms with Gasteiger partial charge in [0.15, 0.2) is 0 Å². The Hall–Kier alpha value is -2.43. The fourth-order valence-corrected chi connectivity index (χ4v) is 2.21. The molecule has 5 heteroatoms. The second-order valence-corrected chi connectivity index (χ2v) is 4.57. The average molecular weight is 258 g/mol. The van der Waals surface area contributed by atoms with Crippen molar-refractivity contribution in [3.05, 3.63) is 51.8 Å². The van der Waals surface area contributed by atoms with E-state index in [0.29, 0.717) is 5.56 Å². The molecule has 0 aliphatic heterocycles. The van der Waals surface area contributed by atoms with Crippen LogP contribution in [0.4, 0.5) is 0 Å². The number of H-pyrrole nitrogens is 1. The minimum absolute atomic E-state index is 0.0919. The van der Waals surface area contributed by atoms with Crippen molar-refractivity contribution in [3.8, 4) is 0 Å². The number of hydrogen-bond acceptors (Lipinski definition) is 3. The number of aromatic nitrogens is 2. The van der Waals surface area contributed by atoms with Crippen LogP contribution in [0.2, 0.25) is 0 Å². The third kappa shape index (κ3) is 2.40. The Morgan fingerprint density at radius 3 is 2.16 bits per heavy atom. The minimum atomic E-state index is -1.14. The van der Waals surface area contributed by atoms with Crippen LogP contribution >= 0.6 is 0 Å². The summed E-state index contributed by atoms with van der Waals surface area (Å²) in [5, 5.41) is 14.9. The van der Waals surface area contributed by atoms with Crippen molar-refractivity contribution >= 4 is 11.8 Å². The number of aromatic amines is 1. The number of nitrogens with one attached hydrogen (secondary N) is 1. The van der Waals surface area contributed by atoms with Crippen molar-refractivity contribution in [1.29, 1.82) is 0 Å². The minimum Gasteiger partial charge on any atom is -0.477 e. The van der Waals surface area contributed by atoms with Crippen LogP contribution in [0.15, 0.2) is 18.2 Å². The maximum absolute atomic E-state index is 12.4. The first-order valence-corrected chi connectivity index (χ1v) is 5.81. The summed E-state index contributed by atoms with van der Waals surface area (Å²) in [6.45, 7) is 5.68. The molecule has 0 saturated carbocycles. The van der Waals surface area contributed by atoms with Crippen LogP contribution in [0.1, 0.15) is 43.2 Å². The van der Waals surface area contributed by atoms with Crippen molar-refractivity contribution in [2.24, 2.45) is 0 Å². The molecule has 0 aliphatic rings. The number of benzene rings is 1. The molecule has 0 atom stereocenters. The normalized spacial score (nSPS) is 10.5. The molecule has 0 saturated heterocycles. The van der Waals surface area contributed by atoms with Gasteiger partial charge in [-0.25, -0.2) is 4.79 Å². The Balaban J connectivity index is 2.47. The molecule has 1 heterocycles. The standard InChI is InChI=1S/C14H14N2O3/c1-7-4-8(2)12(9(3)5-7)13(17)10-6-11(14(18)19)16-15-10/h4-6H,1-3H3,(H,15,16)(H,18,19). The number of carboxylic acid groups (broad SMARTS) is 1. The molecule has 2 rings (SSSR count). The van der Waals surface area contributed by atoms with Gasteiger partial charge in [0.25, 0.3) is 0 Å². The first-order valence-electron chi connectivity index (χ1n) is 5.81. The second kappa shape index (κ2) is 4.68. The molecule has 0 radical (unpaired) electrons. The van der Waals surface area contributed by atoms with E-state index in [9.17, 15) is 9.59 Å². The van der Waals surface area contributed by atoms with Gasteiger partial charge in [-0.05, 0) is 31.9 Å². The van der Waals surface area contributed by atoms with E-state index in [0.717, 1.165) is 16.7 Å². The second-order valence-electron chi connectivity index (χ2n) is 4.57. The molecule has 0 aliphatic carbocycles. The maximum Gasteiger partial charge on any atom is 0.353 e. The lowest BCUT2D eigenvalue weighted by Crippen LogP contribution is -2.07. The van der Waals surface area contributed by atoms with Crippen LogP contribution in [-0.4, -0.2) is 27.1 Å². The average Bonchev–Trinajstić information content (AvgIpc) is 2.76. The zero-order valence-corrected chi connectivity index (χ0v) is 10.9. The molecule has 1 aromatic carbocycles. The van der Waals surface area contributed by atoms with Crippen LogP contribution in [0.25, 0.3) is 0 Å². The highest BCUT2D eigenvalue weighted by molar-refractivity contribution is 6.10. The summed E-state index contributed by atoms with van der Waals surface area (Å²) < 4.78 is 0. The first kappa shape index (κ1) is 13.0. The van der Waals surface area contributed by atoms with Crippen molar-refractivity contribution in [2.75, 3.05) is 0 Å². The van der Waals surface area contributed by atoms with E-state index in [2.05, 4.69) is 10.2 Å². The Morgan fingerprint density at radius 2 is 1.68 bits per heavy atom. The number of nitrogens with zero attached hydrogens (tertiary/aromatic N) is 1. The van der Waals surface area contributed by atoms with Gasteiger partial charge in [0, 0.05) is 11.6 Å². The quantitative estimate of drug-likeness (QED) is 0.827. The molecule has 19 heavy (non-hydrogen) atoms. The van der Waals surface area contributed by atoms with Gasteiger partial charge in [0.05, 0.1) is 0 Å². The first-order chi connectivity index (χ1) is 8.90. The molecular formula is C14H14N2O3. The van der Waals surface area contributed by atoms with Gasteiger partial charge in [0.2, 0.25) is 5.78 Å². The summed E-state index contributed by atoms with van der Waals surface area (Å²) >= 11 is 0. The number of aryl methyl sites for hydroxylation is 3. The van der Waals surface area contributed by atoms with E-state index in [-0.39, 0.29) is 17.2 Å². The smallest absolute Gasteiger partial charge is 0.353 e. The number of ketones is 1. The summed E-state index contributed by atoms with van der Waals surface area (Å²) in [5.74, 6) is -1.40. The Kier molecular flexibility index (Phi) is 3.21. The molecule has 0 fully saturated rings. The van der Waals surface area contributed by atoms with Gasteiger partial charge in [0.1, 0.15) is 11.4 Å². The van der Waals surface area contributed by atoms with Gasteiger partial charge in [-0.2, -0.15) is 5.10 Å². The fourth-order valence-electron chi connectivity index (χ4n) is 2.21. The Labute approximate surface area is 110 Å². The van der Waals surface area contributed by atoms with Gasteiger partial charge in [-0.1, -0.05) is 17.7 Å².